The summed E-state index contributed by atoms with van der Waals surface area (Å²) in [7, 11) is 0. The van der Waals surface area contributed by atoms with Crippen molar-refractivity contribution < 1.29 is 4.79 Å². The minimum absolute atomic E-state index is 0.170. The normalized spacial score (nSPS) is 15.4. The molecule has 2 aromatic carbocycles. The molecule has 0 spiro atoms. The van der Waals surface area contributed by atoms with Gasteiger partial charge in [0.05, 0.1) is 11.3 Å². The lowest BCUT2D eigenvalue weighted by Gasteiger charge is -2.25. The van der Waals surface area contributed by atoms with Gasteiger partial charge in [-0.05, 0) is 68.1 Å². The second-order valence-corrected chi connectivity index (χ2v) is 8.97. The molecule has 1 aliphatic rings. The number of hydrogen-bond donors (Lipinski definition) is 5. The van der Waals surface area contributed by atoms with E-state index in [1.165, 1.54) is 11.9 Å². The van der Waals surface area contributed by atoms with E-state index < -0.39 is 0 Å². The Hall–Kier alpha value is -3.78. The summed E-state index contributed by atoms with van der Waals surface area (Å²) in [6.45, 7) is 6.04. The van der Waals surface area contributed by atoms with Gasteiger partial charge in [0.15, 0.2) is 0 Å². The smallest absolute Gasteiger partial charge is 0.255 e. The average molecular weight is 472 g/mol. The summed E-state index contributed by atoms with van der Waals surface area (Å²) in [4.78, 5) is 21.5. The first-order chi connectivity index (χ1) is 17.0. The maximum atomic E-state index is 13.0. The highest BCUT2D eigenvalue weighted by Crippen LogP contribution is 2.24. The number of aromatic nitrogens is 2. The van der Waals surface area contributed by atoms with Crippen molar-refractivity contribution >= 4 is 28.9 Å². The summed E-state index contributed by atoms with van der Waals surface area (Å²) in [6, 6.07) is 13.2. The zero-order valence-corrected chi connectivity index (χ0v) is 20.3. The van der Waals surface area contributed by atoms with Gasteiger partial charge in [-0.2, -0.15) is 0 Å². The number of nitrogens with two attached hydrogens (primary N) is 1. The molecule has 8 nitrogen and oxygen atoms in total. The van der Waals surface area contributed by atoms with Crippen LogP contribution in [0.1, 0.15) is 58.8 Å². The van der Waals surface area contributed by atoms with E-state index >= 15 is 0 Å². The highest BCUT2D eigenvalue weighted by Gasteiger charge is 2.21. The Balaban J connectivity index is 1.54. The van der Waals surface area contributed by atoms with Crippen molar-refractivity contribution in [2.75, 3.05) is 29.5 Å². The number of piperidine rings is 1. The molecular weight excluding hydrogens is 438 g/mol. The summed E-state index contributed by atoms with van der Waals surface area (Å²) in [5.74, 6) is 0.536. The van der Waals surface area contributed by atoms with Gasteiger partial charge < -0.3 is 21.7 Å². The molecule has 1 aromatic heterocycles. The van der Waals surface area contributed by atoms with Crippen LogP contribution in [0.4, 0.5) is 17.3 Å². The fraction of sp³-hybridized carbons (Fsp3) is 0.333. The van der Waals surface area contributed by atoms with Crippen LogP contribution >= 0.6 is 0 Å². The number of benzene rings is 2. The number of anilines is 3. The first-order valence-electron chi connectivity index (χ1n) is 12.1. The molecule has 4 rings (SSSR count). The molecule has 1 atom stereocenters. The highest BCUT2D eigenvalue weighted by atomic mass is 16.1. The van der Waals surface area contributed by atoms with Crippen LogP contribution in [0, 0.1) is 12.3 Å². The van der Waals surface area contributed by atoms with E-state index in [-0.39, 0.29) is 23.5 Å². The Bertz CT molecular complexity index is 1220. The third kappa shape index (κ3) is 5.84. The summed E-state index contributed by atoms with van der Waals surface area (Å²) >= 11 is 0. The Kier molecular flexibility index (Phi) is 7.72. The number of nitrogens with zero attached hydrogens (tertiary/aromatic N) is 2. The van der Waals surface area contributed by atoms with Crippen LogP contribution in [0.15, 0.2) is 48.8 Å². The quantitative estimate of drug-likeness (QED) is 0.314. The van der Waals surface area contributed by atoms with Crippen LogP contribution in [0.2, 0.25) is 0 Å². The van der Waals surface area contributed by atoms with Crippen LogP contribution in [0.3, 0.4) is 0 Å². The van der Waals surface area contributed by atoms with Gasteiger partial charge in [-0.25, -0.2) is 9.97 Å². The average Bonchev–Trinajstić information content (AvgIpc) is 2.86. The number of carbonyl (C=O) groups is 1. The summed E-state index contributed by atoms with van der Waals surface area (Å²) < 4.78 is 0. The van der Waals surface area contributed by atoms with Gasteiger partial charge in [0.25, 0.3) is 5.91 Å². The lowest BCUT2D eigenvalue weighted by molar-refractivity contribution is 0.102. The molecule has 8 heteroatoms. The number of nitrogen functional groups attached to an aromatic ring is 1. The van der Waals surface area contributed by atoms with Gasteiger partial charge >= 0.3 is 0 Å². The number of amides is 1. The molecule has 1 fully saturated rings. The summed E-state index contributed by atoms with van der Waals surface area (Å²) in [5, 5.41) is 18.6. The minimum atomic E-state index is -0.230. The van der Waals surface area contributed by atoms with Crippen molar-refractivity contribution in [2.24, 2.45) is 0 Å². The number of hydrogen-bond acceptors (Lipinski definition) is 7. The molecule has 0 unspecified atom stereocenters. The molecule has 1 amide bonds. The molecule has 0 aliphatic carbocycles. The maximum Gasteiger partial charge on any atom is 0.255 e. The number of carbonyl (C=O) groups excluding carboxylic acids is 1. The van der Waals surface area contributed by atoms with E-state index in [2.05, 4.69) is 45.8 Å². The molecule has 3 aromatic rings. The van der Waals surface area contributed by atoms with Crippen LogP contribution in [0.25, 0.3) is 0 Å². The minimum Gasteiger partial charge on any atom is -0.383 e. The van der Waals surface area contributed by atoms with Crippen LogP contribution < -0.4 is 21.7 Å². The van der Waals surface area contributed by atoms with Crippen LogP contribution in [0.5, 0.6) is 0 Å². The monoisotopic (exact) mass is 471 g/mol. The zero-order chi connectivity index (χ0) is 24.8. The van der Waals surface area contributed by atoms with E-state index in [0.717, 1.165) is 50.0 Å². The fourth-order valence-electron chi connectivity index (χ4n) is 4.41. The van der Waals surface area contributed by atoms with E-state index in [4.69, 9.17) is 11.1 Å². The lowest BCUT2D eigenvalue weighted by Crippen LogP contribution is -2.39. The molecule has 0 bridgehead atoms. The highest BCUT2D eigenvalue weighted by molar-refractivity contribution is 6.17. The van der Waals surface area contributed by atoms with Crippen molar-refractivity contribution in [2.45, 2.75) is 45.6 Å². The fourth-order valence-corrected chi connectivity index (χ4v) is 4.41. The number of aryl methyl sites for hydroxylation is 2. The molecule has 35 heavy (non-hydrogen) atoms. The predicted octanol–water partition coefficient (Wildman–Crippen LogP) is 4.15. The van der Waals surface area contributed by atoms with Crippen LogP contribution in [-0.4, -0.2) is 40.7 Å². The van der Waals surface area contributed by atoms with Crippen molar-refractivity contribution in [3.8, 4) is 0 Å². The van der Waals surface area contributed by atoms with Crippen LogP contribution in [-0.2, 0) is 6.42 Å². The Morgan fingerprint density at radius 2 is 2.03 bits per heavy atom. The Morgan fingerprint density at radius 3 is 2.77 bits per heavy atom. The molecule has 0 saturated carbocycles. The zero-order valence-electron chi connectivity index (χ0n) is 20.3. The number of rotatable bonds is 8. The third-order valence-electron chi connectivity index (χ3n) is 6.30. The summed E-state index contributed by atoms with van der Waals surface area (Å²) in [6.07, 6.45) is 5.59. The maximum absolute atomic E-state index is 13.0. The third-order valence-corrected chi connectivity index (χ3v) is 6.30. The first-order valence-corrected chi connectivity index (χ1v) is 12.1. The van der Waals surface area contributed by atoms with Gasteiger partial charge in [-0.1, -0.05) is 31.5 Å². The molecule has 1 saturated heterocycles. The molecule has 2 heterocycles. The van der Waals surface area contributed by atoms with Gasteiger partial charge in [0, 0.05) is 29.4 Å². The van der Waals surface area contributed by atoms with E-state index in [9.17, 15) is 4.79 Å². The predicted molar refractivity (Wildman–Crippen MR) is 141 cm³/mol. The summed E-state index contributed by atoms with van der Waals surface area (Å²) in [5.41, 5.74) is 11.0. The van der Waals surface area contributed by atoms with Crippen molar-refractivity contribution in [3.63, 3.8) is 0 Å². The molecule has 182 valence electrons. The molecule has 6 N–H and O–H groups in total. The van der Waals surface area contributed by atoms with E-state index in [0.29, 0.717) is 22.5 Å². The van der Waals surface area contributed by atoms with Gasteiger partial charge in [-0.3, -0.25) is 10.2 Å². The molecular formula is C27H33N7O. The Labute approximate surface area is 206 Å². The second-order valence-electron chi connectivity index (χ2n) is 8.97. The van der Waals surface area contributed by atoms with Gasteiger partial charge in [-0.15, -0.1) is 0 Å². The van der Waals surface area contributed by atoms with Crippen molar-refractivity contribution in [1.82, 2.24) is 15.3 Å². The van der Waals surface area contributed by atoms with Crippen molar-refractivity contribution in [1.29, 1.82) is 5.41 Å². The lowest BCUT2D eigenvalue weighted by atomic mass is 10.00. The SMILES string of the molecule is CCCc1ccc(NC(=O)c2cccc(C(=N)c3c(N)ncnc3N[C@@H]3CCCNC3)c2)cc1C. The molecule has 1 aliphatic heterocycles. The largest absolute Gasteiger partial charge is 0.383 e. The topological polar surface area (TPSA) is 129 Å². The van der Waals surface area contributed by atoms with Gasteiger partial charge in [0.1, 0.15) is 18.0 Å². The number of nitrogens with one attached hydrogen (secondary N) is 4. The van der Waals surface area contributed by atoms with E-state index in [1.807, 2.05) is 12.1 Å². The van der Waals surface area contributed by atoms with Crippen molar-refractivity contribution in [3.05, 3.63) is 76.6 Å². The first kappa shape index (κ1) is 24.3. The second kappa shape index (κ2) is 11.1. The van der Waals surface area contributed by atoms with E-state index in [1.54, 1.807) is 24.3 Å². The molecule has 0 radical (unpaired) electrons. The standard InChI is InChI=1S/C27H33N7O/c1-3-6-18-10-11-21(13-17(18)2)34-27(35)20-8-4-7-19(14-20)24(28)23-25(29)31-16-32-26(23)33-22-9-5-12-30-15-22/h4,7-8,10-11,13-14,16,22,28,30H,3,5-6,9,12,15H2,1-2H3,(H,34,35)(H3,29,31,32,33)/t22-/m1/s1. The van der Waals surface area contributed by atoms with Gasteiger partial charge in [0.2, 0.25) is 0 Å². The Morgan fingerprint density at radius 1 is 1.20 bits per heavy atom.